The highest BCUT2D eigenvalue weighted by Crippen LogP contribution is 2.38. The van der Waals surface area contributed by atoms with Crippen LogP contribution in [0.4, 0.5) is 0 Å². The summed E-state index contributed by atoms with van der Waals surface area (Å²) in [6, 6.07) is 6.05. The van der Waals surface area contributed by atoms with Crippen molar-refractivity contribution < 1.29 is 9.90 Å². The number of aromatic hydroxyl groups is 1. The van der Waals surface area contributed by atoms with Crippen LogP contribution in [0.1, 0.15) is 39.2 Å². The van der Waals surface area contributed by atoms with Crippen LogP contribution in [0, 0.1) is 12.8 Å². The molecule has 1 saturated carbocycles. The molecular formula is C19H21NO2S. The summed E-state index contributed by atoms with van der Waals surface area (Å²) in [4.78, 5) is 16.4. The number of aryl methyl sites for hydroxylation is 1. The zero-order valence-electron chi connectivity index (χ0n) is 13.3. The molecule has 1 N–H and O–H groups in total. The topological polar surface area (TPSA) is 40.5 Å². The Morgan fingerprint density at radius 1 is 1.35 bits per heavy atom. The second-order valence-electron chi connectivity index (χ2n) is 6.84. The highest BCUT2D eigenvalue weighted by molar-refractivity contribution is 7.15. The molecule has 0 spiro atoms. The number of carbonyl (C=O) groups excluding carboxylic acids is 1. The van der Waals surface area contributed by atoms with Gasteiger partial charge in [0.15, 0.2) is 6.29 Å². The van der Waals surface area contributed by atoms with Gasteiger partial charge < -0.3 is 5.11 Å². The number of hydrogen-bond donors (Lipinski definition) is 1. The number of aldehydes is 1. The van der Waals surface area contributed by atoms with Crippen LogP contribution < -0.4 is 0 Å². The summed E-state index contributed by atoms with van der Waals surface area (Å²) < 4.78 is 0. The first-order valence-corrected chi connectivity index (χ1v) is 9.09. The van der Waals surface area contributed by atoms with Gasteiger partial charge in [0.2, 0.25) is 0 Å². The molecular weight excluding hydrogens is 306 g/mol. The van der Waals surface area contributed by atoms with Crippen LogP contribution in [0.5, 0.6) is 5.75 Å². The normalized spacial score (nSPS) is 18.0. The molecule has 1 aliphatic heterocycles. The molecule has 0 radical (unpaired) electrons. The molecule has 0 unspecified atom stereocenters. The molecule has 0 saturated heterocycles. The van der Waals surface area contributed by atoms with E-state index in [0.29, 0.717) is 5.56 Å². The Kier molecular flexibility index (Phi) is 3.74. The lowest BCUT2D eigenvalue weighted by atomic mass is 10.0. The third-order valence-electron chi connectivity index (χ3n) is 4.90. The van der Waals surface area contributed by atoms with Gasteiger partial charge in [-0.25, -0.2) is 0 Å². The first-order valence-electron chi connectivity index (χ1n) is 8.27. The fraction of sp³-hybridized carbons (Fsp3) is 0.421. The molecule has 3 nitrogen and oxygen atoms in total. The number of carbonyl (C=O) groups is 1. The van der Waals surface area contributed by atoms with Crippen molar-refractivity contribution in [3.63, 3.8) is 0 Å². The molecule has 4 rings (SSSR count). The number of phenols is 1. The van der Waals surface area contributed by atoms with E-state index in [1.807, 2.05) is 24.3 Å². The van der Waals surface area contributed by atoms with Crippen molar-refractivity contribution in [3.05, 3.63) is 39.8 Å². The minimum Gasteiger partial charge on any atom is -0.507 e. The van der Waals surface area contributed by atoms with Gasteiger partial charge in [0.25, 0.3) is 0 Å². The van der Waals surface area contributed by atoms with E-state index in [0.717, 1.165) is 42.8 Å². The van der Waals surface area contributed by atoms with Crippen LogP contribution in [0.3, 0.4) is 0 Å². The number of rotatable bonds is 4. The summed E-state index contributed by atoms with van der Waals surface area (Å²) in [6.45, 7) is 5.31. The van der Waals surface area contributed by atoms with Crippen LogP contribution >= 0.6 is 11.3 Å². The second-order valence-corrected chi connectivity index (χ2v) is 7.97. The molecule has 1 aromatic heterocycles. The third-order valence-corrected chi connectivity index (χ3v) is 6.19. The van der Waals surface area contributed by atoms with Crippen molar-refractivity contribution in [2.75, 3.05) is 13.1 Å². The summed E-state index contributed by atoms with van der Waals surface area (Å²) in [5, 5.41) is 9.92. The molecule has 0 atom stereocenters. The fourth-order valence-electron chi connectivity index (χ4n) is 3.39. The Balaban J connectivity index is 1.62. The van der Waals surface area contributed by atoms with Crippen LogP contribution in [-0.2, 0) is 13.0 Å². The van der Waals surface area contributed by atoms with Crippen molar-refractivity contribution in [2.24, 2.45) is 5.92 Å². The smallest absolute Gasteiger partial charge is 0.153 e. The zero-order chi connectivity index (χ0) is 16.0. The van der Waals surface area contributed by atoms with Crippen LogP contribution in [-0.4, -0.2) is 29.4 Å². The Labute approximate surface area is 140 Å². The number of benzene rings is 1. The van der Waals surface area contributed by atoms with Gasteiger partial charge >= 0.3 is 0 Å². The van der Waals surface area contributed by atoms with E-state index in [9.17, 15) is 9.90 Å². The average Bonchev–Trinajstić information content (AvgIpc) is 3.25. The molecule has 2 heterocycles. The third kappa shape index (κ3) is 2.93. The van der Waals surface area contributed by atoms with E-state index in [-0.39, 0.29) is 5.75 Å². The van der Waals surface area contributed by atoms with E-state index in [2.05, 4.69) is 11.0 Å². The number of fused-ring (bicyclic) bond motifs is 1. The molecule has 1 aromatic carbocycles. The number of thiophene rings is 1. The van der Waals surface area contributed by atoms with Gasteiger partial charge in [0, 0.05) is 29.4 Å². The van der Waals surface area contributed by atoms with Crippen LogP contribution in [0.15, 0.2) is 18.2 Å². The first kappa shape index (κ1) is 14.9. The maximum atomic E-state index is 11.1. The summed E-state index contributed by atoms with van der Waals surface area (Å²) in [5.74, 6) is 1.03. The van der Waals surface area contributed by atoms with Crippen LogP contribution in [0.25, 0.3) is 10.4 Å². The predicted molar refractivity (Wildman–Crippen MR) is 93.2 cm³/mol. The van der Waals surface area contributed by atoms with Crippen molar-refractivity contribution in [1.29, 1.82) is 0 Å². The maximum absolute atomic E-state index is 11.1. The van der Waals surface area contributed by atoms with Gasteiger partial charge in [-0.3, -0.25) is 9.69 Å². The van der Waals surface area contributed by atoms with Gasteiger partial charge in [-0.2, -0.15) is 0 Å². The predicted octanol–water partition coefficient (Wildman–Crippen LogP) is 4.01. The lowest BCUT2D eigenvalue weighted by molar-refractivity contribution is 0.112. The van der Waals surface area contributed by atoms with Crippen molar-refractivity contribution >= 4 is 17.6 Å². The second kappa shape index (κ2) is 5.77. The molecule has 0 amide bonds. The fourth-order valence-corrected chi connectivity index (χ4v) is 4.54. The minimum absolute atomic E-state index is 0.0978. The highest BCUT2D eigenvalue weighted by Gasteiger charge is 2.27. The number of nitrogens with zero attached hydrogens (tertiary/aromatic N) is 1. The highest BCUT2D eigenvalue weighted by atomic mass is 32.1. The average molecular weight is 327 g/mol. The van der Waals surface area contributed by atoms with Crippen LogP contribution in [0.2, 0.25) is 0 Å². The standard InChI is InChI=1S/C19H21NO2S/c1-12-6-14(7-16(11-21)19(12)22)18-8-15-10-20(9-13-2-3-13)5-4-17(15)23-18/h6-8,11,13,22H,2-5,9-10H2,1H3. The summed E-state index contributed by atoms with van der Waals surface area (Å²) in [5.41, 5.74) is 3.61. The number of hydrogen-bond acceptors (Lipinski definition) is 4. The number of phenolic OH excluding ortho intramolecular Hbond substituents is 1. The monoisotopic (exact) mass is 327 g/mol. The van der Waals surface area contributed by atoms with Crippen molar-refractivity contribution in [2.45, 2.75) is 32.7 Å². The van der Waals surface area contributed by atoms with Gasteiger partial charge in [-0.15, -0.1) is 11.3 Å². The van der Waals surface area contributed by atoms with Crippen molar-refractivity contribution in [1.82, 2.24) is 4.90 Å². The molecule has 120 valence electrons. The zero-order valence-corrected chi connectivity index (χ0v) is 14.2. The lowest BCUT2D eigenvalue weighted by Gasteiger charge is -2.26. The van der Waals surface area contributed by atoms with E-state index in [1.54, 1.807) is 6.07 Å². The SMILES string of the molecule is Cc1cc(-c2cc3c(s2)CCN(CC2CC2)C3)cc(C=O)c1O. The van der Waals surface area contributed by atoms with Gasteiger partial charge in [0.05, 0.1) is 5.56 Å². The lowest BCUT2D eigenvalue weighted by Crippen LogP contribution is -2.31. The molecule has 1 aliphatic carbocycles. The summed E-state index contributed by atoms with van der Waals surface area (Å²) in [6.07, 6.45) is 4.67. The molecule has 1 fully saturated rings. The van der Waals surface area contributed by atoms with Crippen molar-refractivity contribution in [3.8, 4) is 16.2 Å². The van der Waals surface area contributed by atoms with Gasteiger partial charge in [-0.1, -0.05) is 0 Å². The van der Waals surface area contributed by atoms with E-state index in [1.165, 1.54) is 34.7 Å². The molecule has 2 aliphatic rings. The summed E-state index contributed by atoms with van der Waals surface area (Å²) in [7, 11) is 0. The Hall–Kier alpha value is -1.65. The Bertz CT molecular complexity index is 761. The molecule has 2 aromatic rings. The maximum Gasteiger partial charge on any atom is 0.153 e. The van der Waals surface area contributed by atoms with Gasteiger partial charge in [-0.05, 0) is 67.0 Å². The quantitative estimate of drug-likeness (QED) is 0.863. The largest absolute Gasteiger partial charge is 0.507 e. The minimum atomic E-state index is 0.0978. The first-order chi connectivity index (χ1) is 11.1. The Morgan fingerprint density at radius 3 is 2.91 bits per heavy atom. The Morgan fingerprint density at radius 2 is 2.17 bits per heavy atom. The van der Waals surface area contributed by atoms with E-state index in [4.69, 9.17) is 0 Å². The van der Waals surface area contributed by atoms with E-state index >= 15 is 0 Å². The molecule has 0 bridgehead atoms. The summed E-state index contributed by atoms with van der Waals surface area (Å²) >= 11 is 1.83. The van der Waals surface area contributed by atoms with Gasteiger partial charge in [0.1, 0.15) is 5.75 Å². The molecule has 4 heteroatoms. The molecule has 23 heavy (non-hydrogen) atoms. The van der Waals surface area contributed by atoms with E-state index < -0.39 is 0 Å².